The molecule has 1 aromatic carbocycles. The first-order valence-corrected chi connectivity index (χ1v) is 11.4. The van der Waals surface area contributed by atoms with E-state index in [1.165, 1.54) is 11.3 Å². The molecule has 3 aromatic heterocycles. The molecule has 8 heteroatoms. The van der Waals surface area contributed by atoms with E-state index in [0.29, 0.717) is 24.0 Å². The molecule has 0 radical (unpaired) electrons. The van der Waals surface area contributed by atoms with Crippen LogP contribution in [0.3, 0.4) is 0 Å². The number of rotatable bonds is 7. The monoisotopic (exact) mass is 435 g/mol. The number of nitrogens with zero attached hydrogens (tertiary/aromatic N) is 4. The van der Waals surface area contributed by atoms with Crippen molar-refractivity contribution >= 4 is 40.3 Å². The van der Waals surface area contributed by atoms with E-state index in [1.807, 2.05) is 42.6 Å². The van der Waals surface area contributed by atoms with Crippen molar-refractivity contribution in [1.29, 1.82) is 0 Å². The molecule has 3 heterocycles. The molecule has 1 N–H and O–H groups in total. The lowest BCUT2D eigenvalue weighted by Crippen LogP contribution is -2.32. The maximum absolute atomic E-state index is 13.1. The Bertz CT molecular complexity index is 1110. The van der Waals surface area contributed by atoms with E-state index in [0.717, 1.165) is 15.4 Å². The average molecular weight is 436 g/mol. The van der Waals surface area contributed by atoms with Crippen LogP contribution in [0.5, 0.6) is 0 Å². The van der Waals surface area contributed by atoms with E-state index in [4.69, 9.17) is 0 Å². The lowest BCUT2D eigenvalue weighted by atomic mass is 10.1. The Morgan fingerprint density at radius 1 is 1.10 bits per heavy atom. The second-order valence-corrected chi connectivity index (χ2v) is 8.39. The Hall–Kier alpha value is -3.10. The minimum absolute atomic E-state index is 0.0409. The minimum atomic E-state index is -0.169. The van der Waals surface area contributed by atoms with Crippen molar-refractivity contribution in [3.05, 3.63) is 76.7 Å². The van der Waals surface area contributed by atoms with E-state index in [-0.39, 0.29) is 11.9 Å². The van der Waals surface area contributed by atoms with E-state index in [9.17, 15) is 4.79 Å². The van der Waals surface area contributed by atoms with Gasteiger partial charge in [-0.15, -0.1) is 22.7 Å². The number of nitrogens with one attached hydrogen (secondary N) is 1. The number of carbonyl (C=O) groups is 1. The molecule has 0 spiro atoms. The second-order valence-electron chi connectivity index (χ2n) is 6.58. The van der Waals surface area contributed by atoms with Crippen LogP contribution in [-0.2, 0) is 0 Å². The van der Waals surface area contributed by atoms with Crippen molar-refractivity contribution in [2.45, 2.75) is 19.9 Å². The average Bonchev–Trinajstić information content (AvgIpc) is 3.47. The van der Waals surface area contributed by atoms with E-state index in [2.05, 4.69) is 39.3 Å². The first-order chi connectivity index (χ1) is 14.7. The van der Waals surface area contributed by atoms with Gasteiger partial charge in [-0.1, -0.05) is 36.4 Å². The van der Waals surface area contributed by atoms with Crippen LogP contribution in [0.2, 0.25) is 0 Å². The van der Waals surface area contributed by atoms with E-state index >= 15 is 0 Å². The van der Waals surface area contributed by atoms with Crippen LogP contribution in [0.25, 0.3) is 9.88 Å². The Morgan fingerprint density at radius 3 is 2.67 bits per heavy atom. The van der Waals surface area contributed by atoms with Crippen molar-refractivity contribution in [2.75, 3.05) is 16.8 Å². The van der Waals surface area contributed by atoms with Crippen LogP contribution in [0.4, 0.5) is 11.8 Å². The predicted octanol–water partition coefficient (Wildman–Crippen LogP) is 5.50. The SMILES string of the molecule is CCN(C(=O)c1csc(-c2cccs2)n1)c1ccnc(N[C@H](C)c2ccccc2)n1. The van der Waals surface area contributed by atoms with Crippen LogP contribution in [0.1, 0.15) is 35.9 Å². The summed E-state index contributed by atoms with van der Waals surface area (Å²) in [5.74, 6) is 0.857. The zero-order chi connectivity index (χ0) is 20.9. The third-order valence-corrected chi connectivity index (χ3v) is 6.46. The quantitative estimate of drug-likeness (QED) is 0.415. The topological polar surface area (TPSA) is 71.0 Å². The maximum atomic E-state index is 13.1. The summed E-state index contributed by atoms with van der Waals surface area (Å²) in [6.07, 6.45) is 1.66. The zero-order valence-corrected chi connectivity index (χ0v) is 18.3. The molecule has 0 aliphatic rings. The highest BCUT2D eigenvalue weighted by Crippen LogP contribution is 2.28. The van der Waals surface area contributed by atoms with Gasteiger partial charge in [0.15, 0.2) is 0 Å². The Kier molecular flexibility index (Phi) is 6.15. The molecule has 152 valence electrons. The van der Waals surface area contributed by atoms with Crippen molar-refractivity contribution in [3.63, 3.8) is 0 Å². The third-order valence-electron chi connectivity index (χ3n) is 4.58. The summed E-state index contributed by atoms with van der Waals surface area (Å²) < 4.78 is 0. The van der Waals surface area contributed by atoms with E-state index in [1.54, 1.807) is 33.9 Å². The number of anilines is 2. The fourth-order valence-electron chi connectivity index (χ4n) is 3.02. The molecule has 6 nitrogen and oxygen atoms in total. The maximum Gasteiger partial charge on any atom is 0.278 e. The van der Waals surface area contributed by atoms with Crippen LogP contribution in [0, 0.1) is 0 Å². The molecular weight excluding hydrogens is 414 g/mol. The predicted molar refractivity (Wildman–Crippen MR) is 123 cm³/mol. The number of thiazole rings is 1. The lowest BCUT2D eigenvalue weighted by molar-refractivity contribution is 0.0983. The smallest absolute Gasteiger partial charge is 0.278 e. The van der Waals surface area contributed by atoms with Gasteiger partial charge in [0.05, 0.1) is 10.9 Å². The van der Waals surface area contributed by atoms with Crippen LogP contribution >= 0.6 is 22.7 Å². The number of carbonyl (C=O) groups excluding carboxylic acids is 1. The first kappa shape index (κ1) is 20.2. The molecule has 0 unspecified atom stereocenters. The molecule has 0 aliphatic carbocycles. The van der Waals surface area contributed by atoms with Gasteiger partial charge in [-0.25, -0.2) is 9.97 Å². The molecule has 0 bridgehead atoms. The Morgan fingerprint density at radius 2 is 1.93 bits per heavy atom. The summed E-state index contributed by atoms with van der Waals surface area (Å²) in [6, 6.07) is 15.9. The first-order valence-electron chi connectivity index (χ1n) is 9.61. The Balaban J connectivity index is 1.53. The third kappa shape index (κ3) is 4.39. The molecule has 0 fully saturated rings. The Labute approximate surface area is 183 Å². The molecule has 0 aliphatic heterocycles. The summed E-state index contributed by atoms with van der Waals surface area (Å²) in [7, 11) is 0. The molecule has 30 heavy (non-hydrogen) atoms. The van der Waals surface area contributed by atoms with Crippen molar-refractivity contribution in [3.8, 4) is 9.88 Å². The van der Waals surface area contributed by atoms with Crippen LogP contribution < -0.4 is 10.2 Å². The van der Waals surface area contributed by atoms with Gasteiger partial charge >= 0.3 is 0 Å². The number of aromatic nitrogens is 3. The van der Waals surface area contributed by atoms with Gasteiger partial charge in [-0.3, -0.25) is 9.69 Å². The molecule has 0 saturated heterocycles. The summed E-state index contributed by atoms with van der Waals surface area (Å²) in [5.41, 5.74) is 1.56. The highest BCUT2D eigenvalue weighted by atomic mass is 32.1. The highest BCUT2D eigenvalue weighted by Gasteiger charge is 2.21. The van der Waals surface area contributed by atoms with Gasteiger partial charge in [0.1, 0.15) is 16.5 Å². The van der Waals surface area contributed by atoms with Crippen LogP contribution in [0.15, 0.2) is 65.5 Å². The molecular formula is C22H21N5OS2. The molecule has 1 amide bonds. The summed E-state index contributed by atoms with van der Waals surface area (Å²) >= 11 is 3.09. The van der Waals surface area contributed by atoms with Gasteiger partial charge in [0, 0.05) is 18.1 Å². The largest absolute Gasteiger partial charge is 0.348 e. The summed E-state index contributed by atoms with van der Waals surface area (Å²) in [5, 5.41) is 7.97. The minimum Gasteiger partial charge on any atom is -0.348 e. The normalized spacial score (nSPS) is 11.8. The molecule has 4 rings (SSSR count). The zero-order valence-electron chi connectivity index (χ0n) is 16.6. The van der Waals surface area contributed by atoms with Gasteiger partial charge < -0.3 is 5.32 Å². The summed E-state index contributed by atoms with van der Waals surface area (Å²) in [6.45, 7) is 4.46. The summed E-state index contributed by atoms with van der Waals surface area (Å²) in [4.78, 5) is 29.2. The number of hydrogen-bond donors (Lipinski definition) is 1. The van der Waals surface area contributed by atoms with Gasteiger partial charge in [0.25, 0.3) is 5.91 Å². The molecule has 4 aromatic rings. The highest BCUT2D eigenvalue weighted by molar-refractivity contribution is 7.20. The van der Waals surface area contributed by atoms with Gasteiger partial charge in [0.2, 0.25) is 5.95 Å². The fraction of sp³-hybridized carbons (Fsp3) is 0.182. The number of hydrogen-bond acceptors (Lipinski definition) is 7. The van der Waals surface area contributed by atoms with Gasteiger partial charge in [-0.05, 0) is 36.9 Å². The number of thiophene rings is 1. The fourth-order valence-corrected chi connectivity index (χ4v) is 4.63. The lowest BCUT2D eigenvalue weighted by Gasteiger charge is -2.20. The number of amides is 1. The second kappa shape index (κ2) is 9.15. The molecule has 0 saturated carbocycles. The van der Waals surface area contributed by atoms with Crippen LogP contribution in [-0.4, -0.2) is 27.4 Å². The van der Waals surface area contributed by atoms with E-state index < -0.39 is 0 Å². The van der Waals surface area contributed by atoms with Gasteiger partial charge in [-0.2, -0.15) is 4.98 Å². The standard InChI is InChI=1S/C22H21N5OS2/c1-3-27(21(28)17-14-30-20(25-17)18-10-7-13-29-18)19-11-12-23-22(26-19)24-15(2)16-8-5-4-6-9-16/h4-15H,3H2,1-2H3,(H,23,24,26)/t15-/m1/s1. The molecule has 1 atom stereocenters. The van der Waals surface area contributed by atoms with Crippen molar-refractivity contribution in [1.82, 2.24) is 15.0 Å². The number of benzene rings is 1. The van der Waals surface area contributed by atoms with Crippen molar-refractivity contribution in [2.24, 2.45) is 0 Å². The van der Waals surface area contributed by atoms with Crippen molar-refractivity contribution < 1.29 is 4.79 Å².